The van der Waals surface area contributed by atoms with Crippen LogP contribution in [0.2, 0.25) is 0 Å². The minimum Gasteiger partial charge on any atom is -0.726 e. The molecule has 20 atom stereocenters. The molecule has 64 heavy (non-hydrogen) atoms. The summed E-state index contributed by atoms with van der Waals surface area (Å²) in [5, 5.41) is 54.1. The zero-order chi connectivity index (χ0) is 45.4. The zero-order valence-corrected chi connectivity index (χ0v) is 46.9. The minimum atomic E-state index is -5.96. The minimum absolute atomic E-state index is 0. The van der Waals surface area contributed by atoms with E-state index >= 15 is 0 Å². The molecule has 4 heterocycles. The summed E-state index contributed by atoms with van der Waals surface area (Å²) in [4.78, 5) is 0. The van der Waals surface area contributed by atoms with E-state index in [0.29, 0.717) is 6.42 Å². The first-order valence-electron chi connectivity index (χ1n) is 17.6. The van der Waals surface area contributed by atoms with Crippen molar-refractivity contribution in [3.8, 4) is 0 Å². The van der Waals surface area contributed by atoms with Crippen molar-refractivity contribution in [2.75, 3.05) is 6.61 Å². The fourth-order valence-electron chi connectivity index (χ4n) is 6.54. The van der Waals surface area contributed by atoms with Crippen molar-refractivity contribution in [2.24, 2.45) is 0 Å². The second kappa shape index (κ2) is 27.3. The van der Waals surface area contributed by atoms with Gasteiger partial charge in [0.2, 0.25) is 41.6 Å². The van der Waals surface area contributed by atoms with Crippen LogP contribution in [-0.4, -0.2) is 207 Å². The third-order valence-electron chi connectivity index (χ3n) is 9.34. The van der Waals surface area contributed by atoms with Crippen molar-refractivity contribution < 1.29 is 250 Å². The van der Waals surface area contributed by atoms with Gasteiger partial charge in [-0.15, -0.1) is 0 Å². The SMILES string of the molecule is CCCO[C@@H]1O[C@@H](C)[C@@H](O)[C@@H](O[C@@H]2O[C@@H](C)[C@@H](O)[C@@H](O[C@@H]3O[C@@H](C)[C@@H](O)[C@@H](O[C@@H]4O[C@@H](C)[C@@H](O)[C@@H](O)[C@@H]4OS(=O)(=O)[O-])[C@@H]3OS(=O)(=O)[O-])[C@@H]2OS(=O)(=O)[O-])[C@@H]1OS(=O)(=O)[O-].[Na+].[Na+].[Na+].[Na+]. The molecule has 0 radical (unpaired) electrons. The smallest absolute Gasteiger partial charge is 0.726 e. The van der Waals surface area contributed by atoms with E-state index in [9.17, 15) is 77.4 Å². The first-order valence-corrected chi connectivity index (χ1v) is 22.9. The molecule has 0 saturated carbocycles. The molecule has 0 aromatic carbocycles. The number of ether oxygens (including phenoxy) is 8. The van der Waals surface area contributed by atoms with Crippen LogP contribution in [0.15, 0.2) is 0 Å². The monoisotopic (exact) mass is 1050 g/mol. The maximum atomic E-state index is 12.1. The van der Waals surface area contributed by atoms with E-state index in [1.54, 1.807) is 6.92 Å². The first-order chi connectivity index (χ1) is 27.4. The molecule has 4 aliphatic rings. The molecule has 4 rings (SSSR count). The maximum absolute atomic E-state index is 12.1. The van der Waals surface area contributed by atoms with E-state index < -0.39 is 164 Å². The number of hydrogen-bond acceptors (Lipinski definition) is 29. The van der Waals surface area contributed by atoms with Crippen LogP contribution < -0.4 is 118 Å². The predicted molar refractivity (Wildman–Crippen MR) is 177 cm³/mol. The van der Waals surface area contributed by atoms with Gasteiger partial charge in [-0.1, -0.05) is 6.92 Å². The number of hydrogen-bond donors (Lipinski definition) is 5. The topological polar surface area (TPSA) is 441 Å². The van der Waals surface area contributed by atoms with Crippen molar-refractivity contribution in [1.29, 1.82) is 0 Å². The zero-order valence-electron chi connectivity index (χ0n) is 35.6. The van der Waals surface area contributed by atoms with E-state index in [1.165, 1.54) is 6.92 Å². The van der Waals surface area contributed by atoms with Crippen molar-refractivity contribution in [2.45, 2.75) is 164 Å². The molecule has 29 nitrogen and oxygen atoms in total. The summed E-state index contributed by atoms with van der Waals surface area (Å²) < 4.78 is 204. The molecule has 0 aromatic heterocycles. The molecule has 0 spiro atoms. The quantitative estimate of drug-likeness (QED) is 0.0513. The Balaban J connectivity index is 0.00000992. The third-order valence-corrected chi connectivity index (χ3v) is 11.2. The van der Waals surface area contributed by atoms with Gasteiger partial charge < -0.3 is 81.6 Å². The van der Waals surface area contributed by atoms with Gasteiger partial charge in [-0.25, -0.2) is 33.7 Å². The van der Waals surface area contributed by atoms with Gasteiger partial charge in [-0.3, -0.25) is 16.7 Å². The summed E-state index contributed by atoms with van der Waals surface area (Å²) in [6, 6.07) is 0. The Hall–Kier alpha value is 2.96. The second-order valence-corrected chi connectivity index (χ2v) is 17.9. The summed E-state index contributed by atoms with van der Waals surface area (Å²) in [6.45, 7) is 5.96. The van der Waals surface area contributed by atoms with Crippen molar-refractivity contribution in [3.63, 3.8) is 0 Å². The van der Waals surface area contributed by atoms with Crippen molar-refractivity contribution in [3.05, 3.63) is 0 Å². The number of aliphatic hydroxyl groups excluding tert-OH is 5. The van der Waals surface area contributed by atoms with Crippen LogP contribution >= 0.6 is 0 Å². The van der Waals surface area contributed by atoms with E-state index in [-0.39, 0.29) is 125 Å². The number of rotatable bonds is 17. The molecular formula is C27H44Na4O29S4. The molecule has 4 aliphatic heterocycles. The van der Waals surface area contributed by atoms with Crippen LogP contribution in [0.1, 0.15) is 41.0 Å². The van der Waals surface area contributed by atoms with Gasteiger partial charge in [0.15, 0.2) is 49.6 Å². The van der Waals surface area contributed by atoms with Crippen LogP contribution in [0.4, 0.5) is 0 Å². The molecule has 0 bridgehead atoms. The van der Waals surface area contributed by atoms with Gasteiger partial charge in [0.05, 0.1) is 24.4 Å². The Morgan fingerprint density at radius 1 is 0.406 bits per heavy atom. The maximum Gasteiger partial charge on any atom is 1.00 e. The summed E-state index contributed by atoms with van der Waals surface area (Å²) in [7, 11) is -23.3. The second-order valence-electron chi connectivity index (χ2n) is 13.8. The fourth-order valence-corrected chi connectivity index (χ4v) is 8.44. The number of aliphatic hydroxyl groups is 5. The van der Waals surface area contributed by atoms with Gasteiger partial charge in [-0.2, -0.15) is 0 Å². The molecule has 4 saturated heterocycles. The van der Waals surface area contributed by atoms with Crippen LogP contribution in [0.5, 0.6) is 0 Å². The summed E-state index contributed by atoms with van der Waals surface area (Å²) in [6.07, 6.45) is -41.9. The Bertz CT molecular complexity index is 1890. The van der Waals surface area contributed by atoms with Gasteiger partial charge in [0.1, 0.15) is 48.8 Å². The van der Waals surface area contributed by atoms with Crippen LogP contribution in [0, 0.1) is 0 Å². The Morgan fingerprint density at radius 3 is 0.953 bits per heavy atom. The third kappa shape index (κ3) is 18.8. The standard InChI is InChI=1S/C27H48O29S4.4Na/c1-6-7-45-24-21(54-58(36,37)38)17(13(29)9(3)46-24)51-26-23(56-60(42,43)44)19(15(31)11(5)48-26)52-27-22(55-59(39,40)41)18(14(30)10(4)49-27)50-25-20(53-57(33,34)35)16(32)12(28)8(2)47-25;;;;/h8-32H,6-7H2,1-5H3,(H,33,34,35)(H,36,37,38)(H,39,40,41)(H,42,43,44);;;;/q;4*+1/p-4/t8-,9-,10-,11-,12+,13+,14+,15+,16+,17+,18+,19+,20-,21-,22-,23-,24+,25-,26-,27-;;;;/m0..../s1. The normalized spacial score (nSPS) is 41.0. The molecular weight excluding hydrogens is 1010 g/mol. The Morgan fingerprint density at radius 2 is 0.656 bits per heavy atom. The average molecular weight is 1050 g/mol. The van der Waals surface area contributed by atoms with Gasteiger partial charge in [0.25, 0.3) is 0 Å². The molecule has 4 fully saturated rings. The molecule has 37 heteroatoms. The predicted octanol–water partition coefficient (Wildman–Crippen LogP) is -18.3. The van der Waals surface area contributed by atoms with Gasteiger partial charge in [-0.05, 0) is 34.1 Å². The van der Waals surface area contributed by atoms with E-state index in [2.05, 4.69) is 16.7 Å². The fraction of sp³-hybridized carbons (Fsp3) is 1.00. The first kappa shape index (κ1) is 67.0. The van der Waals surface area contributed by atoms with Crippen LogP contribution in [0.25, 0.3) is 0 Å². The molecule has 0 aliphatic carbocycles. The molecule has 0 aromatic rings. The molecule has 5 N–H and O–H groups in total. The van der Waals surface area contributed by atoms with E-state index in [1.807, 2.05) is 0 Å². The van der Waals surface area contributed by atoms with Crippen LogP contribution in [0.3, 0.4) is 0 Å². The van der Waals surface area contributed by atoms with Gasteiger partial charge in [0, 0.05) is 6.61 Å². The molecule has 0 unspecified atom stereocenters. The van der Waals surface area contributed by atoms with Crippen molar-refractivity contribution >= 4 is 41.6 Å². The van der Waals surface area contributed by atoms with E-state index in [4.69, 9.17) is 37.9 Å². The van der Waals surface area contributed by atoms with Crippen molar-refractivity contribution in [1.82, 2.24) is 0 Å². The molecule has 0 amide bonds. The Labute approximate surface area is 457 Å². The molecule has 354 valence electrons. The summed E-state index contributed by atoms with van der Waals surface area (Å²) in [5.41, 5.74) is 0. The summed E-state index contributed by atoms with van der Waals surface area (Å²) >= 11 is 0. The largest absolute Gasteiger partial charge is 1.00 e. The average Bonchev–Trinajstić information content (AvgIpc) is 3.09. The van der Waals surface area contributed by atoms with Gasteiger partial charge >= 0.3 is 118 Å². The summed E-state index contributed by atoms with van der Waals surface area (Å²) in [5.74, 6) is 0. The Kier molecular flexibility index (Phi) is 28.6. The van der Waals surface area contributed by atoms with Crippen LogP contribution in [-0.2, 0) is 96.2 Å². The van der Waals surface area contributed by atoms with E-state index in [0.717, 1.165) is 20.8 Å².